The molecule has 2 N–H and O–H groups in total. The van der Waals surface area contributed by atoms with E-state index < -0.39 is 5.91 Å². The molecular weight excluding hydrogens is 394 g/mol. The molecule has 1 aliphatic heterocycles. The topological polar surface area (TPSA) is 90.0 Å². The molecule has 3 rings (SSSR count). The van der Waals surface area contributed by atoms with E-state index in [1.165, 1.54) is 17.6 Å². The van der Waals surface area contributed by atoms with Crippen LogP contribution in [0.3, 0.4) is 0 Å². The molecule has 0 atom stereocenters. The molecule has 2 aromatic rings. The van der Waals surface area contributed by atoms with Crippen LogP contribution in [-0.2, 0) is 9.59 Å². The molecule has 2 aromatic carbocycles. The number of benzene rings is 2. The number of nitrogens with zero attached hydrogens (tertiary/aromatic N) is 2. The first-order valence-electron chi connectivity index (χ1n) is 10.0. The fourth-order valence-electron chi connectivity index (χ4n) is 3.36. The fraction of sp³-hybridized carbons (Fsp3) is 0.208. The summed E-state index contributed by atoms with van der Waals surface area (Å²) >= 11 is 0. The largest absolute Gasteiger partial charge is 0.368 e. The predicted octanol–water partition coefficient (Wildman–Crippen LogP) is 2.77. The standard InChI is InChI=1S/C24H25N3O4/c1-18(28)26-13-15-27(16-14-26)22-9-7-21(8-10-22)23(29)11-5-19-3-2-4-20(17-19)6-12-24(30)25-31/h2-12,17,31H,13-16H2,1H3,(H,25,30). The molecule has 2 amide bonds. The SMILES string of the molecule is CC(=O)N1CCN(c2ccc(C(=O)C=Cc3cccc(C=CC(=O)NO)c3)cc2)CC1. The van der Waals surface area contributed by atoms with E-state index in [-0.39, 0.29) is 11.7 Å². The van der Waals surface area contributed by atoms with Crippen LogP contribution < -0.4 is 10.4 Å². The summed E-state index contributed by atoms with van der Waals surface area (Å²) in [5, 5.41) is 8.53. The smallest absolute Gasteiger partial charge is 0.267 e. The molecule has 1 saturated heterocycles. The minimum absolute atomic E-state index is 0.101. The van der Waals surface area contributed by atoms with Crippen LogP contribution >= 0.6 is 0 Å². The third-order valence-corrected chi connectivity index (χ3v) is 5.12. The number of piperazine rings is 1. The van der Waals surface area contributed by atoms with E-state index in [0.717, 1.165) is 29.9 Å². The molecule has 160 valence electrons. The molecule has 1 heterocycles. The quantitative estimate of drug-likeness (QED) is 0.325. The summed E-state index contributed by atoms with van der Waals surface area (Å²) in [7, 11) is 0. The number of nitrogens with one attached hydrogen (secondary N) is 1. The monoisotopic (exact) mass is 419 g/mol. The Labute approximate surface area is 181 Å². The van der Waals surface area contributed by atoms with E-state index in [4.69, 9.17) is 5.21 Å². The average molecular weight is 419 g/mol. The van der Waals surface area contributed by atoms with Gasteiger partial charge in [-0.3, -0.25) is 19.6 Å². The molecule has 1 aliphatic rings. The number of ketones is 1. The lowest BCUT2D eigenvalue weighted by atomic mass is 10.1. The lowest BCUT2D eigenvalue weighted by Gasteiger charge is -2.35. The van der Waals surface area contributed by atoms with E-state index >= 15 is 0 Å². The van der Waals surface area contributed by atoms with Crippen molar-refractivity contribution in [3.05, 3.63) is 77.4 Å². The maximum Gasteiger partial charge on any atom is 0.267 e. The third kappa shape index (κ3) is 6.13. The minimum Gasteiger partial charge on any atom is -0.368 e. The Bertz CT molecular complexity index is 1000. The Kier molecular flexibility index (Phi) is 7.35. The van der Waals surface area contributed by atoms with Crippen LogP contribution in [0.5, 0.6) is 0 Å². The van der Waals surface area contributed by atoms with Gasteiger partial charge in [-0.1, -0.05) is 24.3 Å². The zero-order valence-electron chi connectivity index (χ0n) is 17.3. The van der Waals surface area contributed by atoms with Crippen molar-refractivity contribution in [2.24, 2.45) is 0 Å². The molecular formula is C24H25N3O4. The van der Waals surface area contributed by atoms with Gasteiger partial charge >= 0.3 is 0 Å². The summed E-state index contributed by atoms with van der Waals surface area (Å²) in [6.07, 6.45) is 6.03. The first-order chi connectivity index (χ1) is 15.0. The fourth-order valence-corrected chi connectivity index (χ4v) is 3.36. The Morgan fingerprint density at radius 2 is 1.52 bits per heavy atom. The van der Waals surface area contributed by atoms with Crippen LogP contribution in [0.1, 0.15) is 28.4 Å². The van der Waals surface area contributed by atoms with Gasteiger partial charge < -0.3 is 9.80 Å². The van der Waals surface area contributed by atoms with Gasteiger partial charge in [0.1, 0.15) is 0 Å². The van der Waals surface area contributed by atoms with E-state index in [1.54, 1.807) is 19.1 Å². The molecule has 0 saturated carbocycles. The second-order valence-electron chi connectivity index (χ2n) is 7.22. The van der Waals surface area contributed by atoms with Crippen molar-refractivity contribution in [3.63, 3.8) is 0 Å². The van der Waals surface area contributed by atoms with E-state index in [2.05, 4.69) is 4.90 Å². The van der Waals surface area contributed by atoms with Crippen LogP contribution in [0.4, 0.5) is 5.69 Å². The second kappa shape index (κ2) is 10.4. The molecule has 1 fully saturated rings. The minimum atomic E-state index is -0.611. The Balaban J connectivity index is 1.61. The molecule has 0 spiro atoms. The van der Waals surface area contributed by atoms with Gasteiger partial charge in [0, 0.05) is 50.4 Å². The average Bonchev–Trinajstić information content (AvgIpc) is 2.81. The zero-order valence-corrected chi connectivity index (χ0v) is 17.3. The first kappa shape index (κ1) is 22.0. The van der Waals surface area contributed by atoms with E-state index in [0.29, 0.717) is 18.7 Å². The molecule has 0 aromatic heterocycles. The Morgan fingerprint density at radius 1 is 0.903 bits per heavy atom. The summed E-state index contributed by atoms with van der Waals surface area (Å²) in [5.74, 6) is -0.613. The van der Waals surface area contributed by atoms with Gasteiger partial charge in [-0.15, -0.1) is 0 Å². The lowest BCUT2D eigenvalue weighted by molar-refractivity contribution is -0.129. The van der Waals surface area contributed by atoms with Gasteiger partial charge in [0.2, 0.25) is 5.91 Å². The van der Waals surface area contributed by atoms with Crippen molar-refractivity contribution < 1.29 is 19.6 Å². The number of hydrogen-bond acceptors (Lipinski definition) is 5. The third-order valence-electron chi connectivity index (χ3n) is 5.12. The molecule has 7 heteroatoms. The lowest BCUT2D eigenvalue weighted by Crippen LogP contribution is -2.48. The van der Waals surface area contributed by atoms with Crippen molar-refractivity contribution in [2.75, 3.05) is 31.1 Å². The van der Waals surface area contributed by atoms with Crippen molar-refractivity contribution in [2.45, 2.75) is 6.92 Å². The van der Waals surface area contributed by atoms with Gasteiger partial charge in [-0.05, 0) is 53.6 Å². The van der Waals surface area contributed by atoms with Crippen LogP contribution in [0, 0.1) is 0 Å². The number of hydrogen-bond donors (Lipinski definition) is 2. The van der Waals surface area contributed by atoms with Gasteiger partial charge in [0.15, 0.2) is 5.78 Å². The first-order valence-corrected chi connectivity index (χ1v) is 10.0. The Morgan fingerprint density at radius 3 is 2.10 bits per heavy atom. The highest BCUT2D eigenvalue weighted by molar-refractivity contribution is 6.07. The zero-order chi connectivity index (χ0) is 22.2. The highest BCUT2D eigenvalue weighted by Crippen LogP contribution is 2.18. The number of carbonyl (C=O) groups excluding carboxylic acids is 3. The molecule has 0 radical (unpaired) electrons. The van der Waals surface area contributed by atoms with Crippen molar-refractivity contribution >= 4 is 35.4 Å². The van der Waals surface area contributed by atoms with Crippen molar-refractivity contribution in [1.29, 1.82) is 0 Å². The van der Waals surface area contributed by atoms with Crippen LogP contribution in [0.2, 0.25) is 0 Å². The Hall–Kier alpha value is -3.71. The summed E-state index contributed by atoms with van der Waals surface area (Å²) in [4.78, 5) is 39.1. The second-order valence-corrected chi connectivity index (χ2v) is 7.22. The van der Waals surface area contributed by atoms with Gasteiger partial charge in [-0.25, -0.2) is 5.48 Å². The highest BCUT2D eigenvalue weighted by Gasteiger charge is 2.18. The van der Waals surface area contributed by atoms with E-state index in [9.17, 15) is 14.4 Å². The normalized spacial score (nSPS) is 14.3. The maximum atomic E-state index is 12.5. The predicted molar refractivity (Wildman–Crippen MR) is 120 cm³/mol. The highest BCUT2D eigenvalue weighted by atomic mass is 16.5. The number of hydroxylamine groups is 1. The summed E-state index contributed by atoms with van der Waals surface area (Å²) in [6, 6.07) is 14.8. The van der Waals surface area contributed by atoms with Crippen LogP contribution in [0.15, 0.2) is 60.7 Å². The maximum absolute atomic E-state index is 12.5. The number of carbonyl (C=O) groups is 3. The van der Waals surface area contributed by atoms with E-state index in [1.807, 2.05) is 53.4 Å². The molecule has 31 heavy (non-hydrogen) atoms. The summed E-state index contributed by atoms with van der Waals surface area (Å²) in [5.41, 5.74) is 4.76. The van der Waals surface area contributed by atoms with Gasteiger partial charge in [-0.2, -0.15) is 0 Å². The summed E-state index contributed by atoms with van der Waals surface area (Å²) < 4.78 is 0. The number of rotatable bonds is 6. The number of amides is 2. The van der Waals surface area contributed by atoms with Crippen LogP contribution in [0.25, 0.3) is 12.2 Å². The number of anilines is 1. The van der Waals surface area contributed by atoms with Gasteiger partial charge in [0.25, 0.3) is 5.91 Å². The molecule has 7 nitrogen and oxygen atoms in total. The number of allylic oxidation sites excluding steroid dienone is 1. The van der Waals surface area contributed by atoms with Crippen molar-refractivity contribution in [3.8, 4) is 0 Å². The summed E-state index contributed by atoms with van der Waals surface area (Å²) in [6.45, 7) is 4.55. The van der Waals surface area contributed by atoms with Gasteiger partial charge in [0.05, 0.1) is 0 Å². The van der Waals surface area contributed by atoms with Crippen LogP contribution in [-0.4, -0.2) is 53.9 Å². The molecule has 0 unspecified atom stereocenters. The molecule has 0 aliphatic carbocycles. The molecule has 0 bridgehead atoms. The van der Waals surface area contributed by atoms with Crippen molar-refractivity contribution in [1.82, 2.24) is 10.4 Å².